The molecule has 4 rings (SSSR count). The summed E-state index contributed by atoms with van der Waals surface area (Å²) in [6.45, 7) is 0.462. The number of carbonyl (C=O) groups excluding carboxylic acids is 1. The van der Waals surface area contributed by atoms with Crippen molar-refractivity contribution in [3.05, 3.63) is 47.5 Å². The van der Waals surface area contributed by atoms with Crippen molar-refractivity contribution in [2.45, 2.75) is 31.8 Å². The Bertz CT molecular complexity index is 778. The van der Waals surface area contributed by atoms with Crippen molar-refractivity contribution in [3.8, 4) is 0 Å². The van der Waals surface area contributed by atoms with Crippen molar-refractivity contribution < 1.29 is 14.3 Å². The lowest BCUT2D eigenvalue weighted by atomic mass is 9.85. The Morgan fingerprint density at radius 2 is 2.20 bits per heavy atom. The van der Waals surface area contributed by atoms with Crippen LogP contribution in [0.5, 0.6) is 0 Å². The van der Waals surface area contributed by atoms with Crippen LogP contribution in [0.1, 0.15) is 35.3 Å². The molecular weight excluding hydrogens is 323 g/mol. The summed E-state index contributed by atoms with van der Waals surface area (Å²) in [6.07, 6.45) is 4.91. The van der Waals surface area contributed by atoms with Crippen molar-refractivity contribution in [1.82, 2.24) is 20.3 Å². The molecule has 0 aliphatic heterocycles. The van der Waals surface area contributed by atoms with Gasteiger partial charge in [0.1, 0.15) is 5.82 Å². The van der Waals surface area contributed by atoms with Gasteiger partial charge in [0.15, 0.2) is 5.69 Å². The predicted molar refractivity (Wildman–Crippen MR) is 88.2 cm³/mol. The quantitative estimate of drug-likeness (QED) is 0.863. The lowest BCUT2D eigenvalue weighted by Crippen LogP contribution is -2.45. The summed E-state index contributed by atoms with van der Waals surface area (Å²) in [6, 6.07) is 6.27. The third kappa shape index (κ3) is 3.16. The van der Waals surface area contributed by atoms with Crippen LogP contribution in [-0.2, 0) is 6.54 Å². The molecule has 4 atom stereocenters. The van der Waals surface area contributed by atoms with E-state index < -0.39 is 0 Å². The van der Waals surface area contributed by atoms with Crippen molar-refractivity contribution in [2.24, 2.45) is 17.8 Å². The maximum Gasteiger partial charge on any atom is 0.273 e. The first-order valence-corrected chi connectivity index (χ1v) is 8.70. The van der Waals surface area contributed by atoms with E-state index in [-0.39, 0.29) is 36.0 Å². The summed E-state index contributed by atoms with van der Waals surface area (Å²) in [5.41, 5.74) is 1.00. The second-order valence-corrected chi connectivity index (χ2v) is 7.11. The van der Waals surface area contributed by atoms with Crippen LogP contribution in [0.2, 0.25) is 0 Å². The van der Waals surface area contributed by atoms with Crippen LogP contribution in [0, 0.1) is 23.6 Å². The van der Waals surface area contributed by atoms with Gasteiger partial charge in [0.2, 0.25) is 0 Å². The molecule has 1 amide bonds. The zero-order valence-electron chi connectivity index (χ0n) is 13.8. The Hall–Kier alpha value is -2.28. The second-order valence-electron chi connectivity index (χ2n) is 7.11. The van der Waals surface area contributed by atoms with Gasteiger partial charge in [0.25, 0.3) is 5.91 Å². The second kappa shape index (κ2) is 6.55. The minimum atomic E-state index is -0.304. The maximum absolute atomic E-state index is 13.2. The minimum Gasteiger partial charge on any atom is -0.396 e. The highest BCUT2D eigenvalue weighted by molar-refractivity contribution is 5.92. The molecule has 2 aromatic rings. The molecule has 2 N–H and O–H groups in total. The zero-order chi connectivity index (χ0) is 17.4. The normalized spacial score (nSPS) is 27.6. The summed E-state index contributed by atoms with van der Waals surface area (Å²) >= 11 is 0. The molecule has 0 radical (unpaired) electrons. The van der Waals surface area contributed by atoms with E-state index in [1.807, 2.05) is 0 Å². The molecule has 0 saturated heterocycles. The van der Waals surface area contributed by atoms with Crippen LogP contribution in [0.4, 0.5) is 4.39 Å². The molecule has 1 aromatic carbocycles. The molecule has 1 aromatic heterocycles. The molecule has 2 aliphatic carbocycles. The van der Waals surface area contributed by atoms with Gasteiger partial charge in [-0.05, 0) is 48.8 Å². The van der Waals surface area contributed by atoms with Gasteiger partial charge >= 0.3 is 0 Å². The lowest BCUT2D eigenvalue weighted by Gasteiger charge is -2.30. The van der Waals surface area contributed by atoms with Crippen LogP contribution in [0.15, 0.2) is 30.5 Å². The summed E-state index contributed by atoms with van der Waals surface area (Å²) in [5.74, 6) is 0.547. The Morgan fingerprint density at radius 3 is 3.00 bits per heavy atom. The average Bonchev–Trinajstić information content (AvgIpc) is 3.30. The fraction of sp³-hybridized carbons (Fsp3) is 0.500. The molecule has 25 heavy (non-hydrogen) atoms. The number of rotatable bonds is 5. The highest BCUT2D eigenvalue weighted by atomic mass is 19.1. The number of nitrogens with zero attached hydrogens (tertiary/aromatic N) is 3. The monoisotopic (exact) mass is 344 g/mol. The highest BCUT2D eigenvalue weighted by Crippen LogP contribution is 2.48. The van der Waals surface area contributed by atoms with Crippen LogP contribution < -0.4 is 5.32 Å². The lowest BCUT2D eigenvalue weighted by molar-refractivity contribution is 0.0856. The number of hydrogen-bond acceptors (Lipinski definition) is 4. The highest BCUT2D eigenvalue weighted by Gasteiger charge is 2.47. The molecule has 0 spiro atoms. The first kappa shape index (κ1) is 16.2. The van der Waals surface area contributed by atoms with Crippen LogP contribution in [-0.4, -0.2) is 38.7 Å². The number of amides is 1. The Labute approximate surface area is 145 Å². The van der Waals surface area contributed by atoms with Crippen LogP contribution >= 0.6 is 0 Å². The third-order valence-electron chi connectivity index (χ3n) is 5.60. The fourth-order valence-electron chi connectivity index (χ4n) is 4.43. The number of halogens is 1. The topological polar surface area (TPSA) is 80.0 Å². The smallest absolute Gasteiger partial charge is 0.273 e. The molecule has 6 nitrogen and oxygen atoms in total. The van der Waals surface area contributed by atoms with E-state index in [2.05, 4.69) is 15.6 Å². The Balaban J connectivity index is 1.42. The summed E-state index contributed by atoms with van der Waals surface area (Å²) in [7, 11) is 0. The van der Waals surface area contributed by atoms with Gasteiger partial charge in [-0.15, -0.1) is 5.10 Å². The Kier molecular flexibility index (Phi) is 4.25. The standard InChI is InChI=1S/C18H21FN4O2/c19-14-3-1-2-11(6-14)8-23-9-16(21-22-23)18(25)20-17-13-5-4-12(7-13)15(17)10-24/h1-3,6,9,12-13,15,17,24H,4-5,7-8,10H2,(H,20,25). The number of aliphatic hydroxyl groups is 1. The number of aromatic nitrogens is 3. The van der Waals surface area contributed by atoms with Crippen molar-refractivity contribution in [1.29, 1.82) is 0 Å². The van der Waals surface area contributed by atoms with Gasteiger partial charge < -0.3 is 10.4 Å². The summed E-state index contributed by atoms with van der Waals surface area (Å²) < 4.78 is 14.8. The SMILES string of the molecule is O=C(NC1C2CCC(C2)C1CO)c1cn(Cc2cccc(F)c2)nn1. The molecule has 2 saturated carbocycles. The van der Waals surface area contributed by atoms with Crippen LogP contribution in [0.3, 0.4) is 0 Å². The average molecular weight is 344 g/mol. The van der Waals surface area contributed by atoms with E-state index in [4.69, 9.17) is 0 Å². The molecule has 1 heterocycles. The van der Waals surface area contributed by atoms with Gasteiger partial charge in [0, 0.05) is 18.6 Å². The number of fused-ring (bicyclic) bond motifs is 2. The summed E-state index contributed by atoms with van der Waals surface area (Å²) in [5, 5.41) is 20.6. The summed E-state index contributed by atoms with van der Waals surface area (Å²) in [4.78, 5) is 12.5. The van der Waals surface area contributed by atoms with E-state index >= 15 is 0 Å². The van der Waals surface area contributed by atoms with Gasteiger partial charge in [-0.25, -0.2) is 9.07 Å². The molecule has 2 bridgehead atoms. The number of nitrogens with one attached hydrogen (secondary N) is 1. The van der Waals surface area contributed by atoms with Gasteiger partial charge in [-0.2, -0.15) is 0 Å². The number of hydrogen-bond donors (Lipinski definition) is 2. The molecule has 132 valence electrons. The van der Waals surface area contributed by atoms with E-state index in [0.29, 0.717) is 18.4 Å². The van der Waals surface area contributed by atoms with E-state index in [9.17, 15) is 14.3 Å². The minimum absolute atomic E-state index is 0.0182. The third-order valence-corrected chi connectivity index (χ3v) is 5.60. The fourth-order valence-corrected chi connectivity index (χ4v) is 4.43. The Morgan fingerprint density at radius 1 is 1.36 bits per heavy atom. The molecule has 2 fully saturated rings. The number of aliphatic hydroxyl groups excluding tert-OH is 1. The van der Waals surface area contributed by atoms with Crippen molar-refractivity contribution in [2.75, 3.05) is 6.61 Å². The van der Waals surface area contributed by atoms with Gasteiger partial charge in [-0.3, -0.25) is 4.79 Å². The molecule has 2 aliphatic rings. The van der Waals surface area contributed by atoms with Gasteiger partial charge in [0.05, 0.1) is 12.7 Å². The first-order chi connectivity index (χ1) is 12.1. The predicted octanol–water partition coefficient (Wildman–Crippen LogP) is 1.60. The van der Waals surface area contributed by atoms with Crippen molar-refractivity contribution >= 4 is 5.91 Å². The van der Waals surface area contributed by atoms with E-state index in [0.717, 1.165) is 24.8 Å². The number of benzene rings is 1. The van der Waals surface area contributed by atoms with Gasteiger partial charge in [-0.1, -0.05) is 17.3 Å². The first-order valence-electron chi connectivity index (χ1n) is 8.70. The largest absolute Gasteiger partial charge is 0.396 e. The maximum atomic E-state index is 13.2. The van der Waals surface area contributed by atoms with E-state index in [1.54, 1.807) is 18.3 Å². The molecular formula is C18H21FN4O2. The van der Waals surface area contributed by atoms with E-state index in [1.165, 1.54) is 16.8 Å². The van der Waals surface area contributed by atoms with Crippen molar-refractivity contribution in [3.63, 3.8) is 0 Å². The molecule has 7 heteroatoms. The zero-order valence-corrected chi connectivity index (χ0v) is 13.8. The van der Waals surface area contributed by atoms with Crippen LogP contribution in [0.25, 0.3) is 0 Å². The number of carbonyl (C=O) groups is 1. The molecule has 4 unspecified atom stereocenters.